The van der Waals surface area contributed by atoms with Crippen LogP contribution in [0.15, 0.2) is 71.5 Å². The fourth-order valence-corrected chi connectivity index (χ4v) is 3.66. The number of esters is 1. The van der Waals surface area contributed by atoms with E-state index in [-0.39, 0.29) is 19.0 Å². The Hall–Kier alpha value is -3.71. The van der Waals surface area contributed by atoms with E-state index in [1.165, 1.54) is 0 Å². The highest BCUT2D eigenvalue weighted by molar-refractivity contribution is 5.93. The number of pyridine rings is 1. The van der Waals surface area contributed by atoms with Gasteiger partial charge in [0, 0.05) is 22.7 Å². The second kappa shape index (κ2) is 10.3. The summed E-state index contributed by atoms with van der Waals surface area (Å²) >= 11 is 0. The topological polar surface area (TPSA) is 87.6 Å². The first-order chi connectivity index (χ1) is 16.1. The number of rotatable bonds is 9. The van der Waals surface area contributed by atoms with E-state index in [1.807, 2.05) is 48.5 Å². The van der Waals surface area contributed by atoms with Gasteiger partial charge in [0.2, 0.25) is 0 Å². The summed E-state index contributed by atoms with van der Waals surface area (Å²) in [6.07, 6.45) is 3.39. The first-order valence-corrected chi connectivity index (χ1v) is 10.7. The monoisotopic (exact) mass is 448 g/mol. The number of fused-ring (bicyclic) bond motifs is 1. The number of carbonyl (C=O) groups excluding carboxylic acids is 1. The van der Waals surface area contributed by atoms with Gasteiger partial charge in [-0.1, -0.05) is 18.2 Å². The molecule has 7 heteroatoms. The van der Waals surface area contributed by atoms with Gasteiger partial charge in [-0.2, -0.15) is 0 Å². The lowest BCUT2D eigenvalue weighted by atomic mass is 10.00. The molecule has 1 unspecified atom stereocenters. The zero-order chi connectivity index (χ0) is 23.2. The summed E-state index contributed by atoms with van der Waals surface area (Å²) in [7, 11) is 0. The van der Waals surface area contributed by atoms with Crippen molar-refractivity contribution in [2.45, 2.75) is 26.0 Å². The summed E-state index contributed by atoms with van der Waals surface area (Å²) in [6.45, 7) is 1.71. The van der Waals surface area contributed by atoms with E-state index in [2.05, 4.69) is 4.98 Å². The Kier molecular flexibility index (Phi) is 7.00. The van der Waals surface area contributed by atoms with E-state index in [4.69, 9.17) is 19.6 Å². The number of alkyl halides is 1. The van der Waals surface area contributed by atoms with Crippen LogP contribution in [-0.4, -0.2) is 24.2 Å². The molecule has 6 nitrogen and oxygen atoms in total. The van der Waals surface area contributed by atoms with Crippen LogP contribution in [0.1, 0.15) is 29.8 Å². The number of hydrogen-bond acceptors (Lipinski definition) is 6. The summed E-state index contributed by atoms with van der Waals surface area (Å²) in [4.78, 5) is 16.1. The van der Waals surface area contributed by atoms with Crippen LogP contribution in [0.4, 0.5) is 4.39 Å². The normalized spacial score (nSPS) is 12.0. The molecule has 2 aromatic heterocycles. The van der Waals surface area contributed by atoms with Gasteiger partial charge in [0.25, 0.3) is 0 Å². The summed E-state index contributed by atoms with van der Waals surface area (Å²) < 4.78 is 29.9. The maximum Gasteiger partial charge on any atom is 0.310 e. The summed E-state index contributed by atoms with van der Waals surface area (Å²) in [5.74, 6) is 0.329. The van der Waals surface area contributed by atoms with Gasteiger partial charge in [-0.25, -0.2) is 4.39 Å². The fraction of sp³-hybridized carbons (Fsp3) is 0.231. The van der Waals surface area contributed by atoms with E-state index in [0.29, 0.717) is 23.6 Å². The van der Waals surface area contributed by atoms with Gasteiger partial charge < -0.3 is 19.6 Å². The lowest BCUT2D eigenvalue weighted by Gasteiger charge is -2.13. The molecule has 4 rings (SSSR count). The number of hydrogen-bond donors (Lipinski definition) is 1. The van der Waals surface area contributed by atoms with Gasteiger partial charge in [-0.3, -0.25) is 9.78 Å². The lowest BCUT2D eigenvalue weighted by molar-refractivity contribution is -0.142. The van der Waals surface area contributed by atoms with Crippen LogP contribution in [0.2, 0.25) is 0 Å². The quantitative estimate of drug-likeness (QED) is 0.356. The Balaban J connectivity index is 1.62. The van der Waals surface area contributed by atoms with Crippen molar-refractivity contribution < 1.29 is 23.1 Å². The van der Waals surface area contributed by atoms with E-state index >= 15 is 0 Å². The van der Waals surface area contributed by atoms with Crippen molar-refractivity contribution >= 4 is 16.9 Å². The standard InChI is InChI=1S/C26H25FN2O4/c1-2-31-25(30)14-19-5-3-4-6-24(19)33-16-17-11-20-8-10-32-26(20)21(12-17)18-7-9-29-23(13-18)22(28)15-27/h3-13,22H,2,14-16,28H2,1H3. The molecule has 0 amide bonds. The van der Waals surface area contributed by atoms with E-state index < -0.39 is 12.7 Å². The third-order valence-corrected chi connectivity index (χ3v) is 5.26. The van der Waals surface area contributed by atoms with Gasteiger partial charge in [0.05, 0.1) is 31.0 Å². The summed E-state index contributed by atoms with van der Waals surface area (Å²) in [5, 5.41) is 0.916. The van der Waals surface area contributed by atoms with Gasteiger partial charge in [-0.05, 0) is 54.4 Å². The molecule has 0 saturated carbocycles. The predicted octanol–water partition coefficient (Wildman–Crippen LogP) is 5.15. The van der Waals surface area contributed by atoms with Crippen LogP contribution in [-0.2, 0) is 22.6 Å². The van der Waals surface area contributed by atoms with E-state index in [1.54, 1.807) is 25.5 Å². The predicted molar refractivity (Wildman–Crippen MR) is 123 cm³/mol. The van der Waals surface area contributed by atoms with Crippen molar-refractivity contribution in [3.05, 3.63) is 83.9 Å². The molecule has 33 heavy (non-hydrogen) atoms. The second-order valence-corrected chi connectivity index (χ2v) is 7.59. The zero-order valence-electron chi connectivity index (χ0n) is 18.3. The highest BCUT2D eigenvalue weighted by Gasteiger charge is 2.14. The van der Waals surface area contributed by atoms with Crippen molar-refractivity contribution in [2.75, 3.05) is 13.3 Å². The minimum Gasteiger partial charge on any atom is -0.489 e. The maximum atomic E-state index is 13.1. The zero-order valence-corrected chi connectivity index (χ0v) is 18.3. The Bertz CT molecular complexity index is 1250. The molecule has 4 aromatic rings. The SMILES string of the molecule is CCOC(=O)Cc1ccccc1OCc1cc(-c2ccnc(C(N)CF)c2)c2occc2c1. The number of furan rings is 1. The Morgan fingerprint density at radius 3 is 2.85 bits per heavy atom. The Morgan fingerprint density at radius 2 is 2.03 bits per heavy atom. The molecular formula is C26H25FN2O4. The van der Waals surface area contributed by atoms with Gasteiger partial charge >= 0.3 is 5.97 Å². The van der Waals surface area contributed by atoms with Crippen LogP contribution >= 0.6 is 0 Å². The second-order valence-electron chi connectivity index (χ2n) is 7.59. The van der Waals surface area contributed by atoms with Crippen molar-refractivity contribution in [1.29, 1.82) is 0 Å². The molecule has 2 N–H and O–H groups in total. The number of nitrogens with zero attached hydrogens (tertiary/aromatic N) is 1. The minimum atomic E-state index is -0.778. The molecule has 0 spiro atoms. The first-order valence-electron chi connectivity index (χ1n) is 10.7. The largest absolute Gasteiger partial charge is 0.489 e. The molecule has 0 aliphatic heterocycles. The molecule has 0 radical (unpaired) electrons. The number of benzene rings is 2. The number of nitrogens with two attached hydrogens (primary N) is 1. The molecule has 0 aliphatic carbocycles. The van der Waals surface area contributed by atoms with Crippen molar-refractivity contribution in [3.63, 3.8) is 0 Å². The van der Waals surface area contributed by atoms with Gasteiger partial charge in [0.1, 0.15) is 24.6 Å². The molecule has 1 atom stereocenters. The Labute approximate surface area is 191 Å². The molecule has 0 fully saturated rings. The average molecular weight is 448 g/mol. The number of carbonyl (C=O) groups is 1. The lowest BCUT2D eigenvalue weighted by Crippen LogP contribution is -2.13. The molecule has 170 valence electrons. The molecule has 2 heterocycles. The van der Waals surface area contributed by atoms with Crippen LogP contribution in [0.25, 0.3) is 22.1 Å². The highest BCUT2D eigenvalue weighted by atomic mass is 19.1. The van der Waals surface area contributed by atoms with Crippen molar-refractivity contribution in [3.8, 4) is 16.9 Å². The van der Waals surface area contributed by atoms with Crippen molar-refractivity contribution in [1.82, 2.24) is 4.98 Å². The number of ether oxygens (including phenoxy) is 2. The van der Waals surface area contributed by atoms with Crippen LogP contribution in [0.3, 0.4) is 0 Å². The number of aromatic nitrogens is 1. The van der Waals surface area contributed by atoms with Gasteiger partial charge in [0.15, 0.2) is 0 Å². The minimum absolute atomic E-state index is 0.144. The smallest absolute Gasteiger partial charge is 0.310 e. The Morgan fingerprint density at radius 1 is 1.18 bits per heavy atom. The number of para-hydroxylation sites is 1. The molecule has 0 bridgehead atoms. The molecule has 2 aromatic carbocycles. The molecule has 0 saturated heterocycles. The maximum absolute atomic E-state index is 13.1. The fourth-order valence-electron chi connectivity index (χ4n) is 3.66. The molecular weight excluding hydrogens is 423 g/mol. The number of halogens is 1. The third-order valence-electron chi connectivity index (χ3n) is 5.26. The third kappa shape index (κ3) is 5.21. The van der Waals surface area contributed by atoms with Crippen LogP contribution in [0, 0.1) is 0 Å². The van der Waals surface area contributed by atoms with E-state index in [0.717, 1.165) is 27.6 Å². The highest BCUT2D eigenvalue weighted by Crippen LogP contribution is 2.32. The van der Waals surface area contributed by atoms with Gasteiger partial charge in [-0.15, -0.1) is 0 Å². The first kappa shape index (κ1) is 22.5. The summed E-state index contributed by atoms with van der Waals surface area (Å²) in [6, 6.07) is 16.1. The van der Waals surface area contributed by atoms with E-state index in [9.17, 15) is 9.18 Å². The molecule has 0 aliphatic rings. The average Bonchev–Trinajstić information content (AvgIpc) is 3.31. The summed E-state index contributed by atoms with van der Waals surface area (Å²) in [5.41, 5.74) is 10.4. The van der Waals surface area contributed by atoms with Crippen LogP contribution < -0.4 is 10.5 Å². The van der Waals surface area contributed by atoms with Crippen molar-refractivity contribution in [2.24, 2.45) is 5.73 Å². The van der Waals surface area contributed by atoms with Crippen LogP contribution in [0.5, 0.6) is 5.75 Å².